The molecule has 0 aliphatic heterocycles. The van der Waals surface area contributed by atoms with Gasteiger partial charge in [-0.1, -0.05) is 0 Å². The molecule has 0 aromatic carbocycles. The predicted octanol–water partition coefficient (Wildman–Crippen LogP) is 1.39. The number of aromatic nitrogens is 3. The molecule has 1 aliphatic carbocycles. The van der Waals surface area contributed by atoms with Crippen LogP contribution in [0, 0.1) is 0 Å². The zero-order valence-electron chi connectivity index (χ0n) is 8.88. The van der Waals surface area contributed by atoms with Crippen molar-refractivity contribution in [3.8, 4) is 0 Å². The smallest absolute Gasteiger partial charge is 0.358 e. The topological polar surface area (TPSA) is 56.5 Å². The average molecular weight is 217 g/mol. The lowest BCUT2D eigenvalue weighted by Crippen LogP contribution is -2.02. The third kappa shape index (κ3) is 1.44. The zero-order chi connectivity index (χ0) is 11.1. The van der Waals surface area contributed by atoms with Gasteiger partial charge in [-0.3, -0.25) is 0 Å². The van der Waals surface area contributed by atoms with E-state index in [1.807, 2.05) is 12.4 Å². The molecule has 82 valence electrons. The summed E-state index contributed by atoms with van der Waals surface area (Å²) in [5.41, 5.74) is 2.15. The van der Waals surface area contributed by atoms with Crippen LogP contribution in [0.5, 0.6) is 0 Å². The molecule has 2 aromatic heterocycles. The number of methoxy groups -OCH3 is 1. The molecule has 16 heavy (non-hydrogen) atoms. The van der Waals surface area contributed by atoms with Crippen LogP contribution in [-0.4, -0.2) is 27.7 Å². The molecule has 1 aliphatic rings. The minimum absolute atomic E-state index is 0.294. The maximum Gasteiger partial charge on any atom is 0.358 e. The summed E-state index contributed by atoms with van der Waals surface area (Å²) >= 11 is 0. The Bertz CT molecular complexity index is 557. The van der Waals surface area contributed by atoms with Gasteiger partial charge in [-0.25, -0.2) is 14.3 Å². The fourth-order valence-corrected chi connectivity index (χ4v) is 1.72. The Balaban J connectivity index is 2.06. The maximum atomic E-state index is 11.3. The van der Waals surface area contributed by atoms with Crippen molar-refractivity contribution in [3.63, 3.8) is 0 Å². The molecule has 0 spiro atoms. The quantitative estimate of drug-likeness (QED) is 0.713. The Kier molecular flexibility index (Phi) is 1.92. The fourth-order valence-electron chi connectivity index (χ4n) is 1.72. The highest BCUT2D eigenvalue weighted by molar-refractivity contribution is 5.88. The van der Waals surface area contributed by atoms with Gasteiger partial charge in [-0.2, -0.15) is 5.10 Å². The average Bonchev–Trinajstić information content (AvgIpc) is 3.07. The summed E-state index contributed by atoms with van der Waals surface area (Å²) in [7, 11) is 1.34. The van der Waals surface area contributed by atoms with Crippen molar-refractivity contribution in [1.29, 1.82) is 0 Å². The fraction of sp³-hybridized carbons (Fsp3) is 0.364. The Hall–Kier alpha value is -1.91. The van der Waals surface area contributed by atoms with Crippen molar-refractivity contribution in [2.45, 2.75) is 18.8 Å². The number of hydrogen-bond acceptors (Lipinski definition) is 4. The van der Waals surface area contributed by atoms with Crippen molar-refractivity contribution in [1.82, 2.24) is 14.6 Å². The molecule has 0 N–H and O–H groups in total. The van der Waals surface area contributed by atoms with E-state index in [9.17, 15) is 4.79 Å². The third-order valence-corrected chi connectivity index (χ3v) is 2.78. The summed E-state index contributed by atoms with van der Waals surface area (Å²) < 4.78 is 6.25. The second-order valence-electron chi connectivity index (χ2n) is 3.99. The van der Waals surface area contributed by atoms with Gasteiger partial charge in [0.2, 0.25) is 0 Å². The Morgan fingerprint density at radius 1 is 1.56 bits per heavy atom. The lowest BCUT2D eigenvalue weighted by atomic mass is 10.2. The van der Waals surface area contributed by atoms with Crippen LogP contribution in [0.15, 0.2) is 18.5 Å². The third-order valence-electron chi connectivity index (χ3n) is 2.78. The number of carbonyl (C=O) groups is 1. The van der Waals surface area contributed by atoms with Crippen LogP contribution >= 0.6 is 0 Å². The van der Waals surface area contributed by atoms with Gasteiger partial charge >= 0.3 is 5.97 Å². The number of rotatable bonds is 2. The molecule has 1 saturated carbocycles. The summed E-state index contributed by atoms with van der Waals surface area (Å²) in [4.78, 5) is 15.6. The first-order chi connectivity index (χ1) is 7.78. The van der Waals surface area contributed by atoms with Gasteiger partial charge in [-0.05, 0) is 24.3 Å². The Morgan fingerprint density at radius 2 is 2.38 bits per heavy atom. The molecule has 0 atom stereocenters. The number of esters is 1. The molecule has 0 amide bonds. The van der Waals surface area contributed by atoms with E-state index in [1.165, 1.54) is 25.5 Å². The lowest BCUT2D eigenvalue weighted by Gasteiger charge is -1.97. The summed E-state index contributed by atoms with van der Waals surface area (Å²) in [6.07, 6.45) is 6.23. The second-order valence-corrected chi connectivity index (χ2v) is 3.99. The van der Waals surface area contributed by atoms with Gasteiger partial charge in [0.1, 0.15) is 0 Å². The minimum atomic E-state index is -0.432. The molecule has 0 unspecified atom stereocenters. The molecule has 2 heterocycles. The van der Waals surface area contributed by atoms with Gasteiger partial charge < -0.3 is 4.74 Å². The van der Waals surface area contributed by atoms with E-state index in [0.29, 0.717) is 17.3 Å². The highest BCUT2D eigenvalue weighted by Crippen LogP contribution is 2.39. The molecule has 1 fully saturated rings. The Labute approximate surface area is 92.1 Å². The molecule has 5 heteroatoms. The van der Waals surface area contributed by atoms with E-state index < -0.39 is 5.97 Å². The van der Waals surface area contributed by atoms with Crippen molar-refractivity contribution in [3.05, 3.63) is 29.7 Å². The normalized spacial score (nSPS) is 15.3. The van der Waals surface area contributed by atoms with Crippen molar-refractivity contribution >= 4 is 11.6 Å². The number of hydrogen-bond donors (Lipinski definition) is 0. The minimum Gasteiger partial charge on any atom is -0.464 e. The SMILES string of the molecule is COC(=O)c1cc2ncc(C3CC3)cn2n1. The molecule has 0 saturated heterocycles. The highest BCUT2D eigenvalue weighted by atomic mass is 16.5. The number of carbonyl (C=O) groups excluding carboxylic acids is 1. The standard InChI is InChI=1S/C11H11N3O2/c1-16-11(15)9-4-10-12-5-8(7-2-3-7)6-14(10)13-9/h4-7H,2-3H2,1H3. The summed E-state index contributed by atoms with van der Waals surface area (Å²) in [5, 5.41) is 4.13. The van der Waals surface area contributed by atoms with Crippen LogP contribution in [0.25, 0.3) is 5.65 Å². The van der Waals surface area contributed by atoms with E-state index in [4.69, 9.17) is 0 Å². The van der Waals surface area contributed by atoms with E-state index in [1.54, 1.807) is 10.6 Å². The number of ether oxygens (including phenoxy) is 1. The van der Waals surface area contributed by atoms with E-state index in [2.05, 4.69) is 14.8 Å². The van der Waals surface area contributed by atoms with Gasteiger partial charge in [-0.15, -0.1) is 0 Å². The summed E-state index contributed by atoms with van der Waals surface area (Å²) in [6.45, 7) is 0. The Morgan fingerprint density at radius 3 is 3.06 bits per heavy atom. The van der Waals surface area contributed by atoms with Crippen LogP contribution in [0.2, 0.25) is 0 Å². The van der Waals surface area contributed by atoms with Crippen LogP contribution in [-0.2, 0) is 4.74 Å². The van der Waals surface area contributed by atoms with Gasteiger partial charge in [0.15, 0.2) is 11.3 Å². The molecule has 3 rings (SSSR count). The highest BCUT2D eigenvalue weighted by Gasteiger charge is 2.24. The predicted molar refractivity (Wildman–Crippen MR) is 56.3 cm³/mol. The van der Waals surface area contributed by atoms with Crippen LogP contribution in [0.3, 0.4) is 0 Å². The molecule has 0 bridgehead atoms. The molecular weight excluding hydrogens is 206 g/mol. The van der Waals surface area contributed by atoms with Crippen molar-refractivity contribution in [2.75, 3.05) is 7.11 Å². The maximum absolute atomic E-state index is 11.3. The van der Waals surface area contributed by atoms with Crippen molar-refractivity contribution in [2.24, 2.45) is 0 Å². The van der Waals surface area contributed by atoms with Crippen molar-refractivity contribution < 1.29 is 9.53 Å². The first-order valence-corrected chi connectivity index (χ1v) is 5.21. The summed E-state index contributed by atoms with van der Waals surface area (Å²) in [6, 6.07) is 1.63. The summed E-state index contributed by atoms with van der Waals surface area (Å²) in [5.74, 6) is 0.196. The second kappa shape index (κ2) is 3.30. The largest absolute Gasteiger partial charge is 0.464 e. The zero-order valence-corrected chi connectivity index (χ0v) is 8.88. The van der Waals surface area contributed by atoms with Crippen LogP contribution in [0.1, 0.15) is 34.8 Å². The van der Waals surface area contributed by atoms with E-state index >= 15 is 0 Å². The molecule has 5 nitrogen and oxygen atoms in total. The first-order valence-electron chi connectivity index (χ1n) is 5.21. The molecular formula is C11H11N3O2. The van der Waals surface area contributed by atoms with E-state index in [-0.39, 0.29) is 0 Å². The van der Waals surface area contributed by atoms with Crippen LogP contribution in [0.4, 0.5) is 0 Å². The molecule has 2 aromatic rings. The van der Waals surface area contributed by atoms with Gasteiger partial charge in [0.25, 0.3) is 0 Å². The van der Waals surface area contributed by atoms with Gasteiger partial charge in [0.05, 0.1) is 7.11 Å². The first kappa shape index (κ1) is 9.33. The number of nitrogens with zero attached hydrogens (tertiary/aromatic N) is 3. The van der Waals surface area contributed by atoms with Gasteiger partial charge in [0, 0.05) is 18.5 Å². The van der Waals surface area contributed by atoms with E-state index in [0.717, 1.165) is 0 Å². The lowest BCUT2D eigenvalue weighted by molar-refractivity contribution is 0.0593. The van der Waals surface area contributed by atoms with Crippen LogP contribution < -0.4 is 0 Å². The monoisotopic (exact) mass is 217 g/mol. The molecule has 0 radical (unpaired) electrons. The number of fused-ring (bicyclic) bond motifs is 1.